The van der Waals surface area contributed by atoms with Crippen LogP contribution in [0.4, 0.5) is 0 Å². The molecule has 0 heterocycles. The molecule has 2 nitrogen and oxygen atoms in total. The van der Waals surface area contributed by atoms with Gasteiger partial charge in [-0.1, -0.05) is 58.4 Å². The summed E-state index contributed by atoms with van der Waals surface area (Å²) >= 11 is 0. The molecule has 0 unspecified atom stereocenters. The summed E-state index contributed by atoms with van der Waals surface area (Å²) < 4.78 is 5.60. The zero-order valence-corrected chi connectivity index (χ0v) is 20.2. The maximum Gasteiger partial charge on any atom is 0.302 e. The van der Waals surface area contributed by atoms with Gasteiger partial charge in [-0.3, -0.25) is 4.79 Å². The van der Waals surface area contributed by atoms with E-state index in [1.54, 1.807) is 12.5 Å². The van der Waals surface area contributed by atoms with Gasteiger partial charge < -0.3 is 4.74 Å². The SMILES string of the molecule is CC(=O)O[C@H]1CC[C@]2(C)C(=CC[C@@H]3[C@H]4CC[C@H]([C@@H](C)/C=C/C(C)C)[C@@]4(C)CC[C@H]32)C1. The standard InChI is InChI=1S/C28H44O2/c1-18(2)7-8-19(3)24-11-12-25-23-10-9-21-17-22(30-20(4)29)13-15-27(21,5)26(23)14-16-28(24,25)6/h7-9,18-19,22-26H,10-17H2,1-6H3/b8-7+/t19-,22-,23+,24+,25+,26+,27+,28+/m0/s1. The third-order valence-electron chi connectivity index (χ3n) is 9.90. The van der Waals surface area contributed by atoms with Crippen molar-refractivity contribution in [2.75, 3.05) is 0 Å². The summed E-state index contributed by atoms with van der Waals surface area (Å²) in [5.74, 6) is 4.64. The summed E-state index contributed by atoms with van der Waals surface area (Å²) in [5, 5.41) is 0. The molecule has 3 saturated carbocycles. The van der Waals surface area contributed by atoms with Crippen molar-refractivity contribution in [2.45, 2.75) is 99.0 Å². The predicted octanol–water partition coefficient (Wildman–Crippen LogP) is 7.35. The lowest BCUT2D eigenvalue weighted by atomic mass is 9.47. The van der Waals surface area contributed by atoms with E-state index in [0.717, 1.165) is 36.5 Å². The van der Waals surface area contributed by atoms with Crippen molar-refractivity contribution in [3.63, 3.8) is 0 Å². The van der Waals surface area contributed by atoms with E-state index in [4.69, 9.17) is 4.74 Å². The topological polar surface area (TPSA) is 26.3 Å². The van der Waals surface area contributed by atoms with Gasteiger partial charge in [0.05, 0.1) is 0 Å². The highest BCUT2D eigenvalue weighted by atomic mass is 16.5. The van der Waals surface area contributed by atoms with Crippen molar-refractivity contribution in [1.82, 2.24) is 0 Å². The Hall–Kier alpha value is -1.05. The van der Waals surface area contributed by atoms with Gasteiger partial charge in [-0.2, -0.15) is 0 Å². The van der Waals surface area contributed by atoms with E-state index >= 15 is 0 Å². The van der Waals surface area contributed by atoms with Crippen LogP contribution < -0.4 is 0 Å². The second-order valence-corrected chi connectivity index (χ2v) is 11.9. The third kappa shape index (κ3) is 3.71. The molecule has 0 spiro atoms. The molecule has 0 aromatic heterocycles. The molecule has 0 bridgehead atoms. The van der Waals surface area contributed by atoms with Crippen LogP contribution in [0.5, 0.6) is 0 Å². The van der Waals surface area contributed by atoms with Crippen LogP contribution in [-0.4, -0.2) is 12.1 Å². The van der Waals surface area contributed by atoms with Crippen molar-refractivity contribution in [3.8, 4) is 0 Å². The number of rotatable bonds is 4. The Morgan fingerprint density at radius 2 is 1.83 bits per heavy atom. The molecule has 3 fully saturated rings. The van der Waals surface area contributed by atoms with Crippen molar-refractivity contribution in [3.05, 3.63) is 23.8 Å². The normalized spacial score (nSPS) is 44.2. The van der Waals surface area contributed by atoms with E-state index in [1.807, 2.05) is 0 Å². The van der Waals surface area contributed by atoms with Crippen LogP contribution in [0.3, 0.4) is 0 Å². The van der Waals surface area contributed by atoms with E-state index in [-0.39, 0.29) is 12.1 Å². The lowest BCUT2D eigenvalue weighted by Gasteiger charge is -2.58. The van der Waals surface area contributed by atoms with E-state index in [9.17, 15) is 4.79 Å². The minimum Gasteiger partial charge on any atom is -0.462 e. The van der Waals surface area contributed by atoms with Gasteiger partial charge in [0.25, 0.3) is 0 Å². The fraction of sp³-hybridized carbons (Fsp3) is 0.821. The molecular formula is C28H44O2. The quantitative estimate of drug-likeness (QED) is 0.356. The van der Waals surface area contributed by atoms with Crippen LogP contribution in [0, 0.1) is 46.3 Å². The first-order valence-corrected chi connectivity index (χ1v) is 12.7. The van der Waals surface area contributed by atoms with Gasteiger partial charge in [0.1, 0.15) is 6.10 Å². The average Bonchev–Trinajstić information content (AvgIpc) is 3.03. The molecule has 0 radical (unpaired) electrons. The highest BCUT2D eigenvalue weighted by molar-refractivity contribution is 5.66. The van der Waals surface area contributed by atoms with Crippen molar-refractivity contribution in [2.24, 2.45) is 46.3 Å². The maximum absolute atomic E-state index is 11.5. The maximum atomic E-state index is 11.5. The number of ether oxygens (including phenoxy) is 1. The van der Waals surface area contributed by atoms with E-state index < -0.39 is 0 Å². The Morgan fingerprint density at radius 1 is 1.07 bits per heavy atom. The highest BCUT2D eigenvalue weighted by Gasteiger charge is 2.59. The molecule has 4 aliphatic rings. The summed E-state index contributed by atoms with van der Waals surface area (Å²) in [4.78, 5) is 11.5. The molecular weight excluding hydrogens is 368 g/mol. The molecule has 4 rings (SSSR count). The lowest BCUT2D eigenvalue weighted by molar-refractivity contribution is -0.148. The summed E-state index contributed by atoms with van der Waals surface area (Å²) in [7, 11) is 0. The molecule has 0 saturated heterocycles. The largest absolute Gasteiger partial charge is 0.462 e. The van der Waals surface area contributed by atoms with Crippen molar-refractivity contribution >= 4 is 5.97 Å². The van der Waals surface area contributed by atoms with Crippen LogP contribution in [0.1, 0.15) is 92.9 Å². The molecule has 2 heteroatoms. The monoisotopic (exact) mass is 412 g/mol. The van der Waals surface area contributed by atoms with Crippen LogP contribution in [0.25, 0.3) is 0 Å². The fourth-order valence-corrected chi connectivity index (χ4v) is 8.40. The first-order chi connectivity index (χ1) is 14.1. The van der Waals surface area contributed by atoms with Crippen LogP contribution in [-0.2, 0) is 9.53 Å². The zero-order valence-electron chi connectivity index (χ0n) is 20.2. The number of hydrogen-bond donors (Lipinski definition) is 0. The van der Waals surface area contributed by atoms with Gasteiger partial charge >= 0.3 is 5.97 Å². The molecule has 8 atom stereocenters. The van der Waals surface area contributed by atoms with Crippen LogP contribution >= 0.6 is 0 Å². The van der Waals surface area contributed by atoms with E-state index in [2.05, 4.69) is 52.8 Å². The Morgan fingerprint density at radius 3 is 2.53 bits per heavy atom. The van der Waals surface area contributed by atoms with E-state index in [1.165, 1.54) is 38.5 Å². The van der Waals surface area contributed by atoms with Crippen molar-refractivity contribution in [1.29, 1.82) is 0 Å². The molecule has 168 valence electrons. The number of hydrogen-bond acceptors (Lipinski definition) is 2. The molecule has 0 aliphatic heterocycles. The van der Waals surface area contributed by atoms with Crippen LogP contribution in [0.15, 0.2) is 23.8 Å². The number of fused-ring (bicyclic) bond motifs is 5. The van der Waals surface area contributed by atoms with Crippen LogP contribution in [0.2, 0.25) is 0 Å². The first kappa shape index (κ1) is 22.2. The minimum atomic E-state index is -0.121. The third-order valence-corrected chi connectivity index (χ3v) is 9.90. The zero-order chi connectivity index (χ0) is 21.7. The number of esters is 1. The number of allylic oxidation sites excluding steroid dienone is 3. The van der Waals surface area contributed by atoms with Crippen molar-refractivity contribution < 1.29 is 9.53 Å². The minimum absolute atomic E-state index is 0.108. The average molecular weight is 413 g/mol. The second kappa shape index (κ2) is 8.14. The summed E-state index contributed by atoms with van der Waals surface area (Å²) in [6, 6.07) is 0. The lowest BCUT2D eigenvalue weighted by Crippen LogP contribution is -2.51. The Balaban J connectivity index is 1.53. The second-order valence-electron chi connectivity index (χ2n) is 11.9. The summed E-state index contributed by atoms with van der Waals surface area (Å²) in [5.41, 5.74) is 2.45. The fourth-order valence-electron chi connectivity index (χ4n) is 8.40. The van der Waals surface area contributed by atoms with Gasteiger partial charge in [0, 0.05) is 13.3 Å². The molecule has 4 aliphatic carbocycles. The first-order valence-electron chi connectivity index (χ1n) is 12.7. The molecule has 0 aromatic carbocycles. The van der Waals surface area contributed by atoms with Gasteiger partial charge in [0.2, 0.25) is 0 Å². The van der Waals surface area contributed by atoms with Gasteiger partial charge in [-0.25, -0.2) is 0 Å². The van der Waals surface area contributed by atoms with Gasteiger partial charge in [0.15, 0.2) is 0 Å². The highest BCUT2D eigenvalue weighted by Crippen LogP contribution is 2.67. The van der Waals surface area contributed by atoms with E-state index in [0.29, 0.717) is 22.7 Å². The number of carbonyl (C=O) groups excluding carboxylic acids is 1. The smallest absolute Gasteiger partial charge is 0.302 e. The predicted molar refractivity (Wildman–Crippen MR) is 124 cm³/mol. The van der Waals surface area contributed by atoms with Gasteiger partial charge in [-0.15, -0.1) is 0 Å². The Bertz CT molecular complexity index is 718. The summed E-state index contributed by atoms with van der Waals surface area (Å²) in [6.45, 7) is 13.8. The molecule has 0 amide bonds. The Labute approximate surface area is 184 Å². The molecule has 30 heavy (non-hydrogen) atoms. The Kier molecular flexibility index (Phi) is 6.01. The summed E-state index contributed by atoms with van der Waals surface area (Å²) in [6.07, 6.45) is 17.7. The van der Waals surface area contributed by atoms with Gasteiger partial charge in [-0.05, 0) is 91.3 Å². The molecule has 0 aromatic rings. The molecule has 0 N–H and O–H groups in total. The number of carbonyl (C=O) groups is 1.